The van der Waals surface area contributed by atoms with Crippen LogP contribution in [-0.2, 0) is 0 Å². The zero-order chi connectivity index (χ0) is 11.5. The van der Waals surface area contributed by atoms with Crippen LogP contribution in [0.3, 0.4) is 0 Å². The molecule has 2 aromatic rings. The fourth-order valence-electron chi connectivity index (χ4n) is 1.16. The van der Waals surface area contributed by atoms with Gasteiger partial charge >= 0.3 is 0 Å². The van der Waals surface area contributed by atoms with Gasteiger partial charge in [0.05, 0.1) is 9.77 Å². The highest BCUT2D eigenvalue weighted by Gasteiger charge is 2.11. The average Bonchev–Trinajstić information content (AvgIpc) is 2.68. The number of halogens is 2. The monoisotopic (exact) mass is 331 g/mol. The molecule has 0 aliphatic rings. The van der Waals surface area contributed by atoms with Crippen molar-refractivity contribution in [2.24, 2.45) is 0 Å². The van der Waals surface area contributed by atoms with Crippen LogP contribution in [0.25, 0.3) is 0 Å². The van der Waals surface area contributed by atoms with Gasteiger partial charge in [-0.2, -0.15) is 5.10 Å². The summed E-state index contributed by atoms with van der Waals surface area (Å²) in [6, 6.07) is 5.56. The first-order valence-electron chi connectivity index (χ1n) is 4.42. The quantitative estimate of drug-likeness (QED) is 0.831. The van der Waals surface area contributed by atoms with Gasteiger partial charge in [0, 0.05) is 5.69 Å². The summed E-state index contributed by atoms with van der Waals surface area (Å²) in [7, 11) is 0. The molecule has 1 aromatic heterocycles. The van der Waals surface area contributed by atoms with Crippen molar-refractivity contribution < 1.29 is 9.18 Å². The van der Waals surface area contributed by atoms with Gasteiger partial charge in [-0.15, -0.1) is 0 Å². The van der Waals surface area contributed by atoms with Gasteiger partial charge in [0.2, 0.25) is 0 Å². The summed E-state index contributed by atoms with van der Waals surface area (Å²) in [6.07, 6.45) is 1.56. The maximum absolute atomic E-state index is 12.6. The Balaban J connectivity index is 2.14. The molecule has 6 heteroatoms. The van der Waals surface area contributed by atoms with E-state index in [9.17, 15) is 9.18 Å². The van der Waals surface area contributed by atoms with Crippen LogP contribution in [0.15, 0.2) is 30.5 Å². The first kappa shape index (κ1) is 11.1. The Morgan fingerprint density at radius 1 is 1.38 bits per heavy atom. The molecule has 0 spiro atoms. The number of aromatic amines is 1. The average molecular weight is 331 g/mol. The normalized spacial score (nSPS) is 10.1. The number of benzene rings is 1. The number of rotatable bonds is 2. The van der Waals surface area contributed by atoms with Crippen molar-refractivity contribution in [1.29, 1.82) is 0 Å². The van der Waals surface area contributed by atoms with E-state index in [0.717, 1.165) is 3.57 Å². The van der Waals surface area contributed by atoms with Crippen molar-refractivity contribution >= 4 is 34.2 Å². The van der Waals surface area contributed by atoms with Crippen LogP contribution in [0.2, 0.25) is 0 Å². The number of anilines is 1. The molecule has 0 aliphatic heterocycles. The maximum atomic E-state index is 12.6. The molecule has 1 aromatic carbocycles. The van der Waals surface area contributed by atoms with Gasteiger partial charge in [-0.1, -0.05) is 0 Å². The Kier molecular flexibility index (Phi) is 3.18. The topological polar surface area (TPSA) is 57.8 Å². The van der Waals surface area contributed by atoms with E-state index in [0.29, 0.717) is 11.4 Å². The minimum absolute atomic E-state index is 0.298. The van der Waals surface area contributed by atoms with Crippen LogP contribution in [0.1, 0.15) is 10.5 Å². The van der Waals surface area contributed by atoms with E-state index in [1.165, 1.54) is 24.3 Å². The Morgan fingerprint density at radius 3 is 2.62 bits per heavy atom. The fourth-order valence-corrected chi connectivity index (χ4v) is 1.66. The summed E-state index contributed by atoms with van der Waals surface area (Å²) >= 11 is 2.00. The number of nitrogens with zero attached hydrogens (tertiary/aromatic N) is 1. The number of hydrogen-bond acceptors (Lipinski definition) is 2. The van der Waals surface area contributed by atoms with Crippen molar-refractivity contribution in [3.8, 4) is 0 Å². The second-order valence-electron chi connectivity index (χ2n) is 3.05. The van der Waals surface area contributed by atoms with E-state index in [1.807, 2.05) is 22.6 Å². The third kappa shape index (κ3) is 2.38. The molecule has 1 amide bonds. The molecular formula is C10H7FIN3O. The second kappa shape index (κ2) is 4.60. The van der Waals surface area contributed by atoms with Crippen LogP contribution >= 0.6 is 22.6 Å². The predicted octanol–water partition coefficient (Wildman–Crippen LogP) is 2.41. The van der Waals surface area contributed by atoms with Gasteiger partial charge in [0.15, 0.2) is 0 Å². The summed E-state index contributed by atoms with van der Waals surface area (Å²) in [5.74, 6) is -0.636. The number of amides is 1. The third-order valence-electron chi connectivity index (χ3n) is 1.92. The lowest BCUT2D eigenvalue weighted by Gasteiger charge is -2.03. The summed E-state index contributed by atoms with van der Waals surface area (Å²) in [4.78, 5) is 11.7. The Hall–Kier alpha value is -1.44. The van der Waals surface area contributed by atoms with Gasteiger partial charge in [-0.3, -0.25) is 9.89 Å². The van der Waals surface area contributed by atoms with Crippen molar-refractivity contribution in [3.05, 3.63) is 45.5 Å². The summed E-state index contributed by atoms with van der Waals surface area (Å²) in [5.41, 5.74) is 0.932. The smallest absolute Gasteiger partial charge is 0.274 e. The van der Waals surface area contributed by atoms with Gasteiger partial charge in [0.1, 0.15) is 11.5 Å². The molecule has 0 aliphatic carbocycles. The van der Waals surface area contributed by atoms with Crippen LogP contribution in [0, 0.1) is 9.39 Å². The van der Waals surface area contributed by atoms with E-state index in [4.69, 9.17) is 0 Å². The van der Waals surface area contributed by atoms with Crippen LogP contribution in [0.5, 0.6) is 0 Å². The molecule has 0 unspecified atom stereocenters. The minimum atomic E-state index is -0.339. The van der Waals surface area contributed by atoms with Crippen LogP contribution in [0.4, 0.5) is 10.1 Å². The SMILES string of the molecule is O=C(Nc1ccc(F)cc1)c1[nH]ncc1I. The number of aromatic nitrogens is 2. The number of hydrogen-bond donors (Lipinski definition) is 2. The lowest BCUT2D eigenvalue weighted by atomic mass is 10.3. The molecule has 0 saturated carbocycles. The van der Waals surface area contributed by atoms with Crippen LogP contribution in [-0.4, -0.2) is 16.1 Å². The fraction of sp³-hybridized carbons (Fsp3) is 0. The summed E-state index contributed by atoms with van der Waals surface area (Å²) in [5, 5.41) is 8.97. The van der Waals surface area contributed by atoms with Crippen molar-refractivity contribution in [1.82, 2.24) is 10.2 Å². The number of carbonyl (C=O) groups excluding carboxylic acids is 1. The van der Waals surface area contributed by atoms with E-state index in [-0.39, 0.29) is 11.7 Å². The number of H-pyrrole nitrogens is 1. The zero-order valence-corrected chi connectivity index (χ0v) is 10.2. The van der Waals surface area contributed by atoms with Gasteiger partial charge in [-0.25, -0.2) is 4.39 Å². The predicted molar refractivity (Wildman–Crippen MR) is 65.7 cm³/mol. The van der Waals surface area contributed by atoms with Crippen LogP contribution < -0.4 is 5.32 Å². The molecule has 0 bridgehead atoms. The van der Waals surface area contributed by atoms with Crippen molar-refractivity contribution in [2.75, 3.05) is 5.32 Å². The third-order valence-corrected chi connectivity index (χ3v) is 2.74. The molecule has 0 radical (unpaired) electrons. The van der Waals surface area contributed by atoms with Gasteiger partial charge < -0.3 is 5.32 Å². The van der Waals surface area contributed by atoms with E-state index < -0.39 is 0 Å². The van der Waals surface area contributed by atoms with Crippen molar-refractivity contribution in [3.63, 3.8) is 0 Å². The Labute approximate surface area is 104 Å². The highest BCUT2D eigenvalue weighted by Crippen LogP contribution is 2.12. The molecule has 0 saturated heterocycles. The molecule has 16 heavy (non-hydrogen) atoms. The highest BCUT2D eigenvalue weighted by atomic mass is 127. The van der Waals surface area contributed by atoms with E-state index in [1.54, 1.807) is 6.20 Å². The van der Waals surface area contributed by atoms with Crippen molar-refractivity contribution in [2.45, 2.75) is 0 Å². The van der Waals surface area contributed by atoms with Gasteiger partial charge in [0.25, 0.3) is 5.91 Å². The Bertz CT molecular complexity index is 509. The molecule has 4 nitrogen and oxygen atoms in total. The van der Waals surface area contributed by atoms with Gasteiger partial charge in [-0.05, 0) is 46.9 Å². The first-order valence-corrected chi connectivity index (χ1v) is 5.50. The second-order valence-corrected chi connectivity index (χ2v) is 4.22. The molecule has 0 fully saturated rings. The molecular weight excluding hydrogens is 324 g/mol. The number of carbonyl (C=O) groups is 1. The molecule has 82 valence electrons. The molecule has 0 atom stereocenters. The Morgan fingerprint density at radius 2 is 2.06 bits per heavy atom. The van der Waals surface area contributed by atoms with E-state index in [2.05, 4.69) is 15.5 Å². The molecule has 2 rings (SSSR count). The number of nitrogens with one attached hydrogen (secondary N) is 2. The summed E-state index contributed by atoms with van der Waals surface area (Å²) in [6.45, 7) is 0. The summed E-state index contributed by atoms with van der Waals surface area (Å²) < 4.78 is 13.4. The largest absolute Gasteiger partial charge is 0.321 e. The highest BCUT2D eigenvalue weighted by molar-refractivity contribution is 14.1. The van der Waals surface area contributed by atoms with E-state index >= 15 is 0 Å². The molecule has 2 N–H and O–H groups in total. The lowest BCUT2D eigenvalue weighted by Crippen LogP contribution is -2.13. The maximum Gasteiger partial charge on any atom is 0.274 e. The standard InChI is InChI=1S/C10H7FIN3O/c11-6-1-3-7(4-2-6)14-10(16)9-8(12)5-13-15-9/h1-5H,(H,13,15)(H,14,16). The first-order chi connectivity index (χ1) is 7.66. The molecule has 1 heterocycles. The lowest BCUT2D eigenvalue weighted by molar-refractivity contribution is 0.102. The zero-order valence-electron chi connectivity index (χ0n) is 8.00. The minimum Gasteiger partial charge on any atom is -0.321 e.